The Labute approximate surface area is 193 Å². The van der Waals surface area contributed by atoms with Crippen molar-refractivity contribution < 1.29 is 24.2 Å². The fraction of sp³-hybridized carbons (Fsp3) is 0.423. The maximum atomic E-state index is 12.2. The van der Waals surface area contributed by atoms with Gasteiger partial charge in [0.25, 0.3) is 0 Å². The number of carboxylic acid groups (broad SMARTS) is 1. The summed E-state index contributed by atoms with van der Waals surface area (Å²) in [5, 5.41) is 11.8. The number of alkyl carbamates (subject to hydrolysis) is 1. The molecule has 0 aromatic heterocycles. The standard InChI is InChI=1S/C26H30N2O5/c1-17(25(30)31)18-14-28(15-18)24(29)12-6-7-13-27-26(32)33-16-23-21-10-4-2-8-19(21)20-9-3-5-11-22(20)23/h2-5,8-11,17-18,23H,6-7,12-16H2,1H3,(H,27,32)(H,30,31). The van der Waals surface area contributed by atoms with E-state index in [2.05, 4.69) is 29.6 Å². The summed E-state index contributed by atoms with van der Waals surface area (Å²) in [7, 11) is 0. The van der Waals surface area contributed by atoms with Gasteiger partial charge in [0, 0.05) is 37.9 Å². The van der Waals surface area contributed by atoms with Gasteiger partial charge >= 0.3 is 12.1 Å². The van der Waals surface area contributed by atoms with Crippen molar-refractivity contribution in [1.29, 1.82) is 0 Å². The Balaban J connectivity index is 1.14. The van der Waals surface area contributed by atoms with E-state index in [0.717, 1.165) is 0 Å². The molecule has 4 rings (SSSR count). The van der Waals surface area contributed by atoms with Gasteiger partial charge in [-0.25, -0.2) is 4.79 Å². The van der Waals surface area contributed by atoms with Crippen LogP contribution in [0.1, 0.15) is 43.2 Å². The quantitative estimate of drug-likeness (QED) is 0.566. The molecule has 2 aromatic carbocycles. The summed E-state index contributed by atoms with van der Waals surface area (Å²) < 4.78 is 5.51. The van der Waals surface area contributed by atoms with Gasteiger partial charge in [0.1, 0.15) is 6.61 Å². The molecule has 0 saturated carbocycles. The molecular weight excluding hydrogens is 420 g/mol. The summed E-state index contributed by atoms with van der Waals surface area (Å²) in [5.74, 6) is -1.11. The van der Waals surface area contributed by atoms with Crippen molar-refractivity contribution in [3.05, 3.63) is 59.7 Å². The number of rotatable bonds is 9. The summed E-state index contributed by atoms with van der Waals surface area (Å²) >= 11 is 0. The molecule has 33 heavy (non-hydrogen) atoms. The van der Waals surface area contributed by atoms with Crippen LogP contribution in [0.25, 0.3) is 11.1 Å². The second-order valence-electron chi connectivity index (χ2n) is 8.90. The van der Waals surface area contributed by atoms with E-state index in [1.54, 1.807) is 11.8 Å². The van der Waals surface area contributed by atoms with Gasteiger partial charge in [0.15, 0.2) is 0 Å². The predicted molar refractivity (Wildman–Crippen MR) is 124 cm³/mol. The van der Waals surface area contributed by atoms with Gasteiger partial charge in [-0.1, -0.05) is 55.5 Å². The topological polar surface area (TPSA) is 95.9 Å². The van der Waals surface area contributed by atoms with E-state index in [9.17, 15) is 14.4 Å². The average Bonchev–Trinajstić information content (AvgIpc) is 3.10. The first-order valence-corrected chi connectivity index (χ1v) is 11.5. The number of carboxylic acids is 1. The second-order valence-corrected chi connectivity index (χ2v) is 8.90. The minimum Gasteiger partial charge on any atom is -0.481 e. The summed E-state index contributed by atoms with van der Waals surface area (Å²) in [6.07, 6.45) is 1.30. The molecule has 0 radical (unpaired) electrons. The van der Waals surface area contributed by atoms with E-state index < -0.39 is 18.0 Å². The van der Waals surface area contributed by atoms with Crippen molar-refractivity contribution in [3.63, 3.8) is 0 Å². The van der Waals surface area contributed by atoms with Crippen LogP contribution in [-0.2, 0) is 14.3 Å². The van der Waals surface area contributed by atoms with Crippen LogP contribution in [-0.4, -0.2) is 54.2 Å². The summed E-state index contributed by atoms with van der Waals surface area (Å²) in [6.45, 7) is 3.45. The number of fused-ring (bicyclic) bond motifs is 3. The number of ether oxygens (including phenoxy) is 1. The number of carbonyl (C=O) groups excluding carboxylic acids is 2. The largest absolute Gasteiger partial charge is 0.481 e. The lowest BCUT2D eigenvalue weighted by atomic mass is 9.87. The minimum atomic E-state index is -0.814. The fourth-order valence-electron chi connectivity index (χ4n) is 4.63. The van der Waals surface area contributed by atoms with Crippen LogP contribution in [0.5, 0.6) is 0 Å². The summed E-state index contributed by atoms with van der Waals surface area (Å²) in [4.78, 5) is 37.1. The van der Waals surface area contributed by atoms with Crippen molar-refractivity contribution >= 4 is 18.0 Å². The van der Waals surface area contributed by atoms with Crippen LogP contribution in [0.15, 0.2) is 48.5 Å². The number of benzene rings is 2. The lowest BCUT2D eigenvalue weighted by Gasteiger charge is -2.41. The third-order valence-electron chi connectivity index (χ3n) is 6.79. The van der Waals surface area contributed by atoms with Crippen LogP contribution < -0.4 is 5.32 Å². The number of carbonyl (C=O) groups is 3. The Hall–Kier alpha value is -3.35. The van der Waals surface area contributed by atoms with Gasteiger partial charge in [-0.05, 0) is 35.1 Å². The molecule has 2 amide bonds. The second kappa shape index (κ2) is 10.1. The third-order valence-corrected chi connectivity index (χ3v) is 6.79. The van der Waals surface area contributed by atoms with Crippen LogP contribution in [0.4, 0.5) is 4.79 Å². The first kappa shape index (κ1) is 22.8. The molecule has 7 heteroatoms. The Bertz CT molecular complexity index is 985. The van der Waals surface area contributed by atoms with Crippen LogP contribution in [0.3, 0.4) is 0 Å². The zero-order chi connectivity index (χ0) is 23.4. The number of hydrogen-bond donors (Lipinski definition) is 2. The van der Waals surface area contributed by atoms with Crippen molar-refractivity contribution in [2.45, 2.75) is 32.1 Å². The fourth-order valence-corrected chi connectivity index (χ4v) is 4.63. The van der Waals surface area contributed by atoms with E-state index >= 15 is 0 Å². The Morgan fingerprint density at radius 1 is 1.03 bits per heavy atom. The zero-order valence-corrected chi connectivity index (χ0v) is 18.8. The number of amides is 2. The van der Waals surface area contributed by atoms with Crippen molar-refractivity contribution in [3.8, 4) is 11.1 Å². The van der Waals surface area contributed by atoms with E-state index in [1.165, 1.54) is 22.3 Å². The van der Waals surface area contributed by atoms with Crippen LogP contribution >= 0.6 is 0 Å². The Morgan fingerprint density at radius 2 is 1.64 bits per heavy atom. The predicted octanol–water partition coefficient (Wildman–Crippen LogP) is 3.87. The molecule has 0 bridgehead atoms. The molecule has 0 spiro atoms. The average molecular weight is 451 g/mol. The van der Waals surface area contributed by atoms with Crippen molar-refractivity contribution in [1.82, 2.24) is 10.2 Å². The highest BCUT2D eigenvalue weighted by Crippen LogP contribution is 2.44. The van der Waals surface area contributed by atoms with E-state index in [0.29, 0.717) is 38.9 Å². The van der Waals surface area contributed by atoms with E-state index in [-0.39, 0.29) is 24.3 Å². The lowest BCUT2D eigenvalue weighted by molar-refractivity contribution is -0.150. The maximum absolute atomic E-state index is 12.2. The van der Waals surface area contributed by atoms with Crippen molar-refractivity contribution in [2.75, 3.05) is 26.2 Å². The maximum Gasteiger partial charge on any atom is 0.407 e. The number of nitrogens with zero attached hydrogens (tertiary/aromatic N) is 1. The number of unbranched alkanes of at least 4 members (excludes halogenated alkanes) is 1. The number of likely N-dealkylation sites (tertiary alicyclic amines) is 1. The van der Waals surface area contributed by atoms with Gasteiger partial charge in [-0.3, -0.25) is 9.59 Å². The lowest BCUT2D eigenvalue weighted by Crippen LogP contribution is -2.53. The monoisotopic (exact) mass is 450 g/mol. The van der Waals surface area contributed by atoms with Gasteiger partial charge in [0.05, 0.1) is 5.92 Å². The van der Waals surface area contributed by atoms with Gasteiger partial charge in [-0.15, -0.1) is 0 Å². The third kappa shape index (κ3) is 5.02. The molecule has 1 heterocycles. The van der Waals surface area contributed by atoms with Crippen LogP contribution in [0.2, 0.25) is 0 Å². The minimum absolute atomic E-state index is 0.0324. The molecule has 2 aromatic rings. The Kier molecular flexibility index (Phi) is 6.96. The molecule has 1 atom stereocenters. The van der Waals surface area contributed by atoms with Crippen molar-refractivity contribution in [2.24, 2.45) is 11.8 Å². The highest BCUT2D eigenvalue weighted by Gasteiger charge is 2.36. The SMILES string of the molecule is CC(C(=O)O)C1CN(C(=O)CCCCNC(=O)OCC2c3ccccc3-c3ccccc32)C1. The van der Waals surface area contributed by atoms with Gasteiger partial charge < -0.3 is 20.1 Å². The molecular formula is C26H30N2O5. The smallest absolute Gasteiger partial charge is 0.407 e. The van der Waals surface area contributed by atoms with E-state index in [1.807, 2.05) is 24.3 Å². The molecule has 7 nitrogen and oxygen atoms in total. The molecule has 174 valence electrons. The molecule has 2 aliphatic rings. The van der Waals surface area contributed by atoms with Crippen LogP contribution in [0, 0.1) is 11.8 Å². The Morgan fingerprint density at radius 3 is 2.24 bits per heavy atom. The van der Waals surface area contributed by atoms with Gasteiger partial charge in [-0.2, -0.15) is 0 Å². The highest BCUT2D eigenvalue weighted by atomic mass is 16.5. The summed E-state index contributed by atoms with van der Waals surface area (Å²) in [5.41, 5.74) is 4.74. The molecule has 2 N–H and O–H groups in total. The van der Waals surface area contributed by atoms with E-state index in [4.69, 9.17) is 9.84 Å². The highest BCUT2D eigenvalue weighted by molar-refractivity contribution is 5.79. The first-order valence-electron chi connectivity index (χ1n) is 11.5. The normalized spacial score (nSPS) is 15.8. The summed E-state index contributed by atoms with van der Waals surface area (Å²) in [6, 6.07) is 16.4. The molecule has 1 fully saturated rings. The molecule has 1 aliphatic heterocycles. The molecule has 1 saturated heterocycles. The first-order chi connectivity index (χ1) is 16.0. The molecule has 1 unspecified atom stereocenters. The number of aliphatic carboxylic acids is 1. The molecule has 1 aliphatic carbocycles. The number of hydrogen-bond acceptors (Lipinski definition) is 4. The number of nitrogens with one attached hydrogen (secondary N) is 1. The zero-order valence-electron chi connectivity index (χ0n) is 18.8. The van der Waals surface area contributed by atoms with Gasteiger partial charge in [0.2, 0.25) is 5.91 Å².